The number of nitrogens with zero attached hydrogens (tertiary/aromatic N) is 1. The molecule has 0 aliphatic carbocycles. The van der Waals surface area contributed by atoms with Gasteiger partial charge in [-0.05, 0) is 69.6 Å². The lowest BCUT2D eigenvalue weighted by Crippen LogP contribution is -2.28. The number of likely N-dealkylation sites (tertiary alicyclic amines) is 1. The summed E-state index contributed by atoms with van der Waals surface area (Å²) in [4.78, 5) is 14.5. The monoisotopic (exact) mass is 339 g/mol. The molecule has 1 saturated heterocycles. The van der Waals surface area contributed by atoms with Crippen LogP contribution >= 0.6 is 0 Å². The van der Waals surface area contributed by atoms with E-state index in [0.717, 1.165) is 24.8 Å². The second-order valence-corrected chi connectivity index (χ2v) is 7.81. The van der Waals surface area contributed by atoms with Crippen LogP contribution in [-0.2, 0) is 10.0 Å². The first-order valence-electron chi connectivity index (χ1n) is 7.94. The Kier molecular flexibility index (Phi) is 6.01. The summed E-state index contributed by atoms with van der Waals surface area (Å²) in [6.07, 6.45) is 4.60. The minimum Gasteiger partial charge on any atom is -0.352 e. The number of benzene rings is 1. The second kappa shape index (κ2) is 7.79. The van der Waals surface area contributed by atoms with Crippen LogP contribution < -0.4 is 10.0 Å². The number of nitrogens with one attached hydrogen (secondary N) is 2. The summed E-state index contributed by atoms with van der Waals surface area (Å²) >= 11 is 0. The number of sulfonamides is 1. The van der Waals surface area contributed by atoms with E-state index < -0.39 is 10.0 Å². The predicted molar refractivity (Wildman–Crippen MR) is 92.3 cm³/mol. The molecule has 23 heavy (non-hydrogen) atoms. The number of anilines is 1. The van der Waals surface area contributed by atoms with Crippen molar-refractivity contribution < 1.29 is 13.2 Å². The van der Waals surface area contributed by atoms with Gasteiger partial charge in [0.2, 0.25) is 10.0 Å². The van der Waals surface area contributed by atoms with Gasteiger partial charge in [0.25, 0.3) is 5.91 Å². The highest BCUT2D eigenvalue weighted by Gasteiger charge is 2.12. The van der Waals surface area contributed by atoms with Crippen LogP contribution in [0.5, 0.6) is 0 Å². The zero-order valence-corrected chi connectivity index (χ0v) is 14.6. The third-order valence-electron chi connectivity index (χ3n) is 3.92. The Morgan fingerprint density at radius 3 is 2.57 bits per heavy atom. The van der Waals surface area contributed by atoms with Crippen molar-refractivity contribution in [2.24, 2.45) is 0 Å². The molecule has 1 aliphatic heterocycles. The van der Waals surface area contributed by atoms with Gasteiger partial charge in [0.05, 0.1) is 11.9 Å². The minimum atomic E-state index is -3.31. The van der Waals surface area contributed by atoms with Crippen molar-refractivity contribution in [1.82, 2.24) is 10.2 Å². The van der Waals surface area contributed by atoms with Gasteiger partial charge in [0.1, 0.15) is 0 Å². The summed E-state index contributed by atoms with van der Waals surface area (Å²) in [6.45, 7) is 5.79. The molecule has 0 atom stereocenters. The number of carbonyl (C=O) groups is 1. The number of carbonyl (C=O) groups excluding carboxylic acids is 1. The molecule has 0 radical (unpaired) electrons. The van der Waals surface area contributed by atoms with E-state index in [4.69, 9.17) is 0 Å². The van der Waals surface area contributed by atoms with Crippen molar-refractivity contribution in [2.45, 2.75) is 26.2 Å². The Hall–Kier alpha value is -1.60. The Morgan fingerprint density at radius 2 is 1.96 bits per heavy atom. The average Bonchev–Trinajstić information content (AvgIpc) is 2.97. The van der Waals surface area contributed by atoms with Crippen molar-refractivity contribution in [3.63, 3.8) is 0 Å². The van der Waals surface area contributed by atoms with Crippen LogP contribution in [0.25, 0.3) is 0 Å². The maximum Gasteiger partial charge on any atom is 0.251 e. The van der Waals surface area contributed by atoms with E-state index in [9.17, 15) is 13.2 Å². The lowest BCUT2D eigenvalue weighted by Gasteiger charge is -2.14. The van der Waals surface area contributed by atoms with E-state index >= 15 is 0 Å². The van der Waals surface area contributed by atoms with E-state index in [1.807, 2.05) is 0 Å². The highest BCUT2D eigenvalue weighted by molar-refractivity contribution is 7.92. The molecule has 2 N–H and O–H groups in total. The maximum atomic E-state index is 12.1. The summed E-state index contributed by atoms with van der Waals surface area (Å²) in [5.41, 5.74) is 1.76. The number of aryl methyl sites for hydroxylation is 1. The fourth-order valence-electron chi connectivity index (χ4n) is 2.73. The molecule has 1 aliphatic rings. The van der Waals surface area contributed by atoms with E-state index in [1.54, 1.807) is 25.1 Å². The molecule has 7 heteroatoms. The first-order chi connectivity index (χ1) is 10.8. The van der Waals surface area contributed by atoms with Crippen LogP contribution in [0.15, 0.2) is 18.2 Å². The molecule has 2 rings (SSSR count). The van der Waals surface area contributed by atoms with Gasteiger partial charge in [-0.2, -0.15) is 0 Å². The summed E-state index contributed by atoms with van der Waals surface area (Å²) in [5, 5.41) is 2.91. The summed E-state index contributed by atoms with van der Waals surface area (Å²) in [5.74, 6) is -0.125. The van der Waals surface area contributed by atoms with Crippen LogP contribution in [0.3, 0.4) is 0 Å². The molecule has 6 nitrogen and oxygen atoms in total. The van der Waals surface area contributed by atoms with Gasteiger partial charge in [-0.1, -0.05) is 0 Å². The van der Waals surface area contributed by atoms with Crippen molar-refractivity contribution in [2.75, 3.05) is 37.2 Å². The lowest BCUT2D eigenvalue weighted by molar-refractivity contribution is 0.0952. The normalized spacial score (nSPS) is 15.6. The zero-order valence-electron chi connectivity index (χ0n) is 13.8. The number of hydrogen-bond acceptors (Lipinski definition) is 4. The van der Waals surface area contributed by atoms with Crippen molar-refractivity contribution in [3.8, 4) is 0 Å². The Morgan fingerprint density at radius 1 is 1.26 bits per heavy atom. The largest absolute Gasteiger partial charge is 0.352 e. The Labute approximate surface area is 138 Å². The molecule has 128 valence electrons. The molecule has 0 saturated carbocycles. The van der Waals surface area contributed by atoms with Crippen molar-refractivity contribution >= 4 is 21.6 Å². The van der Waals surface area contributed by atoms with Crippen molar-refractivity contribution in [3.05, 3.63) is 29.3 Å². The van der Waals surface area contributed by atoms with Gasteiger partial charge in [0.15, 0.2) is 0 Å². The number of rotatable bonds is 7. The van der Waals surface area contributed by atoms with E-state index in [-0.39, 0.29) is 5.91 Å². The third-order valence-corrected chi connectivity index (χ3v) is 4.51. The Balaban J connectivity index is 1.83. The first kappa shape index (κ1) is 17.7. The zero-order chi connectivity index (χ0) is 16.9. The number of hydrogen-bond donors (Lipinski definition) is 2. The summed E-state index contributed by atoms with van der Waals surface area (Å²) in [7, 11) is -3.31. The predicted octanol–water partition coefficient (Wildman–Crippen LogP) is 1.58. The number of amides is 1. The summed E-state index contributed by atoms with van der Waals surface area (Å²) < 4.78 is 25.0. The molecule has 1 heterocycles. The molecular weight excluding hydrogens is 314 g/mol. The van der Waals surface area contributed by atoms with Gasteiger partial charge in [-0.3, -0.25) is 9.52 Å². The van der Waals surface area contributed by atoms with E-state index in [0.29, 0.717) is 17.8 Å². The van der Waals surface area contributed by atoms with Crippen LogP contribution in [0.2, 0.25) is 0 Å². The highest BCUT2D eigenvalue weighted by Crippen LogP contribution is 2.17. The average molecular weight is 339 g/mol. The quantitative estimate of drug-likeness (QED) is 0.739. The van der Waals surface area contributed by atoms with Crippen LogP contribution in [-0.4, -0.2) is 51.7 Å². The molecule has 1 amide bonds. The lowest BCUT2D eigenvalue weighted by atomic mass is 10.1. The molecule has 0 aromatic heterocycles. The van der Waals surface area contributed by atoms with Crippen LogP contribution in [0.4, 0.5) is 5.69 Å². The Bertz CT molecular complexity index is 653. The molecule has 0 bridgehead atoms. The second-order valence-electron chi connectivity index (χ2n) is 6.06. The van der Waals surface area contributed by atoms with Crippen molar-refractivity contribution in [1.29, 1.82) is 0 Å². The van der Waals surface area contributed by atoms with Gasteiger partial charge >= 0.3 is 0 Å². The van der Waals surface area contributed by atoms with Crippen LogP contribution in [0, 0.1) is 6.92 Å². The highest BCUT2D eigenvalue weighted by atomic mass is 32.2. The maximum absolute atomic E-state index is 12.1. The molecule has 0 spiro atoms. The molecule has 1 aromatic carbocycles. The van der Waals surface area contributed by atoms with E-state index in [2.05, 4.69) is 14.9 Å². The first-order valence-corrected chi connectivity index (χ1v) is 9.83. The van der Waals surface area contributed by atoms with Gasteiger partial charge in [-0.15, -0.1) is 0 Å². The van der Waals surface area contributed by atoms with Gasteiger partial charge in [0, 0.05) is 12.1 Å². The SMILES string of the molecule is Cc1cc(C(=O)NCCCN2CCCC2)ccc1NS(C)(=O)=O. The van der Waals surface area contributed by atoms with Crippen LogP contribution in [0.1, 0.15) is 35.2 Å². The van der Waals surface area contributed by atoms with Gasteiger partial charge < -0.3 is 10.2 Å². The molecule has 1 aromatic rings. The fourth-order valence-corrected chi connectivity index (χ4v) is 3.36. The minimum absolute atomic E-state index is 0.125. The molecule has 0 unspecified atom stereocenters. The standard InChI is InChI=1S/C16H25N3O3S/c1-13-12-14(6-7-15(13)18-23(2,21)22)16(20)17-8-5-11-19-9-3-4-10-19/h6-7,12,18H,3-5,8-11H2,1-2H3,(H,17,20). The molecule has 1 fully saturated rings. The van der Waals surface area contributed by atoms with E-state index in [1.165, 1.54) is 25.9 Å². The summed E-state index contributed by atoms with van der Waals surface area (Å²) in [6, 6.07) is 4.95. The molecular formula is C16H25N3O3S. The fraction of sp³-hybridized carbons (Fsp3) is 0.562. The third kappa shape index (κ3) is 5.84. The van der Waals surface area contributed by atoms with Gasteiger partial charge in [-0.25, -0.2) is 8.42 Å². The smallest absolute Gasteiger partial charge is 0.251 e. The topological polar surface area (TPSA) is 78.5 Å².